The molecule has 0 unspecified atom stereocenters. The van der Waals surface area contributed by atoms with Crippen LogP contribution in [-0.2, 0) is 11.3 Å². The van der Waals surface area contributed by atoms with Gasteiger partial charge in [0.05, 0.1) is 6.61 Å². The van der Waals surface area contributed by atoms with Crippen LogP contribution in [0.15, 0.2) is 6.07 Å². The molecule has 0 atom stereocenters. The van der Waals surface area contributed by atoms with E-state index in [2.05, 4.69) is 30.7 Å². The highest BCUT2D eigenvalue weighted by Gasteiger charge is 2.31. The minimum absolute atomic E-state index is 0.420. The zero-order chi connectivity index (χ0) is 14.8. The van der Waals surface area contributed by atoms with Crippen LogP contribution in [0.3, 0.4) is 0 Å². The molecule has 0 amide bonds. The van der Waals surface area contributed by atoms with Crippen molar-refractivity contribution >= 4 is 12.2 Å². The number of hydrogen-bond acceptors (Lipinski definition) is 3. The summed E-state index contributed by atoms with van der Waals surface area (Å²) in [6.45, 7) is 7.62. The van der Waals surface area contributed by atoms with E-state index in [1.54, 1.807) is 7.11 Å². The van der Waals surface area contributed by atoms with Crippen LogP contribution in [0, 0.1) is 16.0 Å². The molecule has 1 aromatic heterocycles. The number of aromatic nitrogens is 2. The van der Waals surface area contributed by atoms with Crippen molar-refractivity contribution < 1.29 is 4.74 Å². The van der Waals surface area contributed by atoms with Crippen molar-refractivity contribution in [2.45, 2.75) is 59.0 Å². The van der Waals surface area contributed by atoms with Gasteiger partial charge in [0.1, 0.15) is 10.5 Å². The van der Waals surface area contributed by atoms with Crippen molar-refractivity contribution in [3.05, 3.63) is 22.2 Å². The smallest absolute Gasteiger partial charge is 0.130 e. The lowest BCUT2D eigenvalue weighted by Crippen LogP contribution is -2.26. The zero-order valence-electron chi connectivity index (χ0n) is 13.0. The molecule has 1 fully saturated rings. The molecule has 1 N–H and O–H groups in total. The Labute approximate surface area is 127 Å². The standard InChI is InChI=1S/C16H26N2OS/c1-16(2,3)12-7-5-11(6-8-12)15-17-13(10-19-4)9-14(20)18-15/h9,11-12H,5-8,10H2,1-4H3,(H,17,18,20). The molecule has 0 radical (unpaired) electrons. The molecule has 4 heteroatoms. The molecule has 1 heterocycles. The zero-order valence-corrected chi connectivity index (χ0v) is 13.8. The lowest BCUT2D eigenvalue weighted by Gasteiger charge is -2.36. The van der Waals surface area contributed by atoms with Crippen LogP contribution in [0.25, 0.3) is 0 Å². The molecule has 3 nitrogen and oxygen atoms in total. The first-order valence-electron chi connectivity index (χ1n) is 7.49. The second-order valence-corrected chi connectivity index (χ2v) is 7.40. The Morgan fingerprint density at radius 3 is 2.50 bits per heavy atom. The van der Waals surface area contributed by atoms with Gasteiger partial charge in [0.2, 0.25) is 0 Å². The fraction of sp³-hybridized carbons (Fsp3) is 0.750. The molecule has 0 spiro atoms. The molecule has 0 bridgehead atoms. The number of hydrogen-bond donors (Lipinski definition) is 1. The van der Waals surface area contributed by atoms with E-state index in [1.165, 1.54) is 25.7 Å². The van der Waals surface area contributed by atoms with Gasteiger partial charge in [-0.1, -0.05) is 33.0 Å². The maximum Gasteiger partial charge on any atom is 0.130 e. The molecule has 20 heavy (non-hydrogen) atoms. The summed E-state index contributed by atoms with van der Waals surface area (Å²) in [6.07, 6.45) is 4.98. The molecule has 1 saturated carbocycles. The summed E-state index contributed by atoms with van der Waals surface area (Å²) in [5.74, 6) is 2.40. The van der Waals surface area contributed by atoms with Gasteiger partial charge in [0.25, 0.3) is 0 Å². The van der Waals surface area contributed by atoms with E-state index in [-0.39, 0.29) is 0 Å². The predicted octanol–water partition coefficient (Wildman–Crippen LogP) is 4.61. The molecule has 0 saturated heterocycles. The largest absolute Gasteiger partial charge is 0.378 e. The Morgan fingerprint density at radius 2 is 1.95 bits per heavy atom. The maximum atomic E-state index is 5.27. The lowest BCUT2D eigenvalue weighted by molar-refractivity contribution is 0.165. The van der Waals surface area contributed by atoms with Crippen LogP contribution in [0.2, 0.25) is 0 Å². The van der Waals surface area contributed by atoms with Gasteiger partial charge in [0, 0.05) is 18.7 Å². The van der Waals surface area contributed by atoms with Gasteiger partial charge in [-0.2, -0.15) is 0 Å². The minimum Gasteiger partial charge on any atom is -0.378 e. The molecule has 112 valence electrons. The van der Waals surface area contributed by atoms with Crippen LogP contribution >= 0.6 is 12.2 Å². The number of ether oxygens (including phenoxy) is 1. The van der Waals surface area contributed by atoms with Crippen molar-refractivity contribution in [2.75, 3.05) is 7.11 Å². The van der Waals surface area contributed by atoms with Crippen LogP contribution in [0.4, 0.5) is 0 Å². The third kappa shape index (κ3) is 3.89. The molecule has 2 rings (SSSR count). The summed E-state index contributed by atoms with van der Waals surface area (Å²) in [5.41, 5.74) is 1.45. The van der Waals surface area contributed by atoms with E-state index >= 15 is 0 Å². The van der Waals surface area contributed by atoms with E-state index in [4.69, 9.17) is 17.0 Å². The highest BCUT2D eigenvalue weighted by atomic mass is 32.1. The van der Waals surface area contributed by atoms with Gasteiger partial charge in [-0.25, -0.2) is 4.98 Å². The number of methoxy groups -OCH3 is 1. The predicted molar refractivity (Wildman–Crippen MR) is 84.3 cm³/mol. The summed E-state index contributed by atoms with van der Waals surface area (Å²) in [5, 5.41) is 0. The third-order valence-electron chi connectivity index (χ3n) is 4.46. The molecule has 0 aromatic carbocycles. The Hall–Kier alpha value is -0.740. The van der Waals surface area contributed by atoms with Gasteiger partial charge in [-0.15, -0.1) is 0 Å². The second kappa shape index (κ2) is 6.35. The first kappa shape index (κ1) is 15.6. The van der Waals surface area contributed by atoms with E-state index in [1.807, 2.05) is 6.07 Å². The van der Waals surface area contributed by atoms with Crippen LogP contribution in [0.5, 0.6) is 0 Å². The Bertz CT molecular complexity index is 496. The van der Waals surface area contributed by atoms with Crippen LogP contribution in [0.1, 0.15) is 63.9 Å². The summed E-state index contributed by atoms with van der Waals surface area (Å²) < 4.78 is 5.85. The van der Waals surface area contributed by atoms with Crippen molar-refractivity contribution in [1.82, 2.24) is 9.97 Å². The first-order chi connectivity index (χ1) is 9.40. The van der Waals surface area contributed by atoms with E-state index in [0.717, 1.165) is 17.4 Å². The topological polar surface area (TPSA) is 37.9 Å². The number of aromatic amines is 1. The molecule has 1 aliphatic carbocycles. The molecule has 1 aromatic rings. The average molecular weight is 294 g/mol. The fourth-order valence-electron chi connectivity index (χ4n) is 3.19. The third-order valence-corrected chi connectivity index (χ3v) is 4.66. The second-order valence-electron chi connectivity index (χ2n) is 6.98. The van der Waals surface area contributed by atoms with Crippen molar-refractivity contribution in [2.24, 2.45) is 11.3 Å². The molecule has 1 aliphatic rings. The summed E-state index contributed by atoms with van der Waals surface area (Å²) in [6, 6.07) is 1.89. The summed E-state index contributed by atoms with van der Waals surface area (Å²) in [7, 11) is 1.70. The van der Waals surface area contributed by atoms with E-state index in [0.29, 0.717) is 22.6 Å². The highest BCUT2D eigenvalue weighted by Crippen LogP contribution is 2.42. The van der Waals surface area contributed by atoms with Gasteiger partial charge < -0.3 is 9.72 Å². The normalized spacial score (nSPS) is 23.8. The summed E-state index contributed by atoms with van der Waals surface area (Å²) in [4.78, 5) is 7.94. The van der Waals surface area contributed by atoms with Gasteiger partial charge in [-0.3, -0.25) is 0 Å². The number of nitrogens with zero attached hydrogens (tertiary/aromatic N) is 1. The first-order valence-corrected chi connectivity index (χ1v) is 7.90. The minimum atomic E-state index is 0.420. The summed E-state index contributed by atoms with van der Waals surface area (Å²) >= 11 is 5.27. The average Bonchev–Trinajstić information content (AvgIpc) is 2.37. The maximum absolute atomic E-state index is 5.27. The van der Waals surface area contributed by atoms with Crippen molar-refractivity contribution in [1.29, 1.82) is 0 Å². The molecule has 0 aliphatic heterocycles. The fourth-order valence-corrected chi connectivity index (χ4v) is 3.43. The SMILES string of the molecule is COCc1cc(=S)nc(C2CCC(C(C)(C)C)CC2)[nH]1. The molecular formula is C16H26N2OS. The number of nitrogens with one attached hydrogen (secondary N) is 1. The van der Waals surface area contributed by atoms with Crippen LogP contribution < -0.4 is 0 Å². The highest BCUT2D eigenvalue weighted by molar-refractivity contribution is 7.71. The quantitative estimate of drug-likeness (QED) is 0.828. The van der Waals surface area contributed by atoms with E-state index in [9.17, 15) is 0 Å². The van der Waals surface area contributed by atoms with Gasteiger partial charge >= 0.3 is 0 Å². The van der Waals surface area contributed by atoms with Crippen LogP contribution in [-0.4, -0.2) is 17.1 Å². The molecular weight excluding hydrogens is 268 g/mol. The Morgan fingerprint density at radius 1 is 1.30 bits per heavy atom. The van der Waals surface area contributed by atoms with E-state index < -0.39 is 0 Å². The number of rotatable bonds is 3. The monoisotopic (exact) mass is 294 g/mol. The van der Waals surface area contributed by atoms with Crippen molar-refractivity contribution in [3.8, 4) is 0 Å². The lowest BCUT2D eigenvalue weighted by atomic mass is 9.70. The Kier molecular flexibility index (Phi) is 4.97. The van der Waals surface area contributed by atoms with Crippen molar-refractivity contribution in [3.63, 3.8) is 0 Å². The number of H-pyrrole nitrogens is 1. The van der Waals surface area contributed by atoms with Gasteiger partial charge in [0.15, 0.2) is 0 Å². The van der Waals surface area contributed by atoms with Gasteiger partial charge in [-0.05, 0) is 43.1 Å². The Balaban J connectivity index is 2.09.